The lowest BCUT2D eigenvalue weighted by Gasteiger charge is -2.14. The smallest absolute Gasteiger partial charge is 0.345 e. The Labute approximate surface area is 118 Å². The van der Waals surface area contributed by atoms with Crippen molar-refractivity contribution in [2.24, 2.45) is 0 Å². The van der Waals surface area contributed by atoms with E-state index in [1.165, 1.54) is 0 Å². The highest BCUT2D eigenvalue weighted by molar-refractivity contribution is 6.10. The number of carbonyl (C=O) groups excluding carboxylic acids is 3. The van der Waals surface area contributed by atoms with E-state index < -0.39 is 51.8 Å². The number of esters is 3. The number of hydrogen-bond donors (Lipinski definition) is 3. The van der Waals surface area contributed by atoms with Crippen molar-refractivity contribution in [3.05, 3.63) is 16.7 Å². The summed E-state index contributed by atoms with van der Waals surface area (Å²) in [4.78, 5) is 34.7. The van der Waals surface area contributed by atoms with E-state index in [0.717, 1.165) is 21.3 Å². The van der Waals surface area contributed by atoms with Gasteiger partial charge in [-0.2, -0.15) is 0 Å². The van der Waals surface area contributed by atoms with Crippen molar-refractivity contribution in [3.63, 3.8) is 0 Å². The molecule has 0 atom stereocenters. The summed E-state index contributed by atoms with van der Waals surface area (Å²) in [6, 6.07) is 0. The molecule has 0 radical (unpaired) electrons. The van der Waals surface area contributed by atoms with Crippen molar-refractivity contribution in [1.29, 1.82) is 0 Å². The van der Waals surface area contributed by atoms with Crippen LogP contribution in [0.5, 0.6) is 17.2 Å². The molecule has 0 saturated heterocycles. The summed E-state index contributed by atoms with van der Waals surface area (Å²) in [5.41, 5.74) is -2.64. The Morgan fingerprint density at radius 3 is 0.952 bits per heavy atom. The molecule has 1 aromatic rings. The van der Waals surface area contributed by atoms with Crippen molar-refractivity contribution >= 4 is 17.9 Å². The fourth-order valence-electron chi connectivity index (χ4n) is 1.60. The molecule has 0 aliphatic rings. The molecule has 114 valence electrons. The van der Waals surface area contributed by atoms with E-state index in [9.17, 15) is 29.7 Å². The molecule has 0 bridgehead atoms. The first-order valence-electron chi connectivity index (χ1n) is 5.37. The van der Waals surface area contributed by atoms with Gasteiger partial charge >= 0.3 is 17.9 Å². The van der Waals surface area contributed by atoms with Crippen LogP contribution in [-0.2, 0) is 14.2 Å². The summed E-state index contributed by atoms with van der Waals surface area (Å²) < 4.78 is 13.0. The Morgan fingerprint density at radius 1 is 0.619 bits per heavy atom. The number of carbonyl (C=O) groups is 3. The lowest BCUT2D eigenvalue weighted by atomic mass is 10.00. The fraction of sp³-hybridized carbons (Fsp3) is 0.250. The maximum Gasteiger partial charge on any atom is 0.345 e. The van der Waals surface area contributed by atoms with Gasteiger partial charge in [0.1, 0.15) is 16.7 Å². The Hall–Kier alpha value is -2.97. The van der Waals surface area contributed by atoms with E-state index in [-0.39, 0.29) is 0 Å². The molecular formula is C12H12O9. The summed E-state index contributed by atoms with van der Waals surface area (Å²) in [7, 11) is 2.84. The van der Waals surface area contributed by atoms with Gasteiger partial charge in [0.15, 0.2) is 17.2 Å². The molecule has 0 heterocycles. The molecule has 0 saturated carbocycles. The number of phenols is 3. The zero-order valence-electron chi connectivity index (χ0n) is 11.3. The first-order chi connectivity index (χ1) is 9.81. The number of methoxy groups -OCH3 is 3. The Kier molecular flexibility index (Phi) is 4.59. The maximum absolute atomic E-state index is 11.6. The average molecular weight is 300 g/mol. The van der Waals surface area contributed by atoms with Crippen LogP contribution in [0.1, 0.15) is 31.1 Å². The standard InChI is InChI=1S/C12H12O9/c1-19-10(16)4-7(13)5(11(17)20-2)9(15)6(8(4)14)12(18)21-3/h13-15H,1-3H3. The molecule has 1 aromatic carbocycles. The number of rotatable bonds is 3. The van der Waals surface area contributed by atoms with Crippen molar-refractivity contribution in [2.75, 3.05) is 21.3 Å². The van der Waals surface area contributed by atoms with Gasteiger partial charge in [-0.05, 0) is 0 Å². The molecule has 1 rings (SSSR count). The highest BCUT2D eigenvalue weighted by Gasteiger charge is 2.34. The minimum Gasteiger partial charge on any atom is -0.506 e. The third-order valence-corrected chi connectivity index (χ3v) is 2.59. The number of aromatic hydroxyl groups is 3. The van der Waals surface area contributed by atoms with Gasteiger partial charge in [0.05, 0.1) is 21.3 Å². The van der Waals surface area contributed by atoms with E-state index in [2.05, 4.69) is 14.2 Å². The van der Waals surface area contributed by atoms with E-state index in [1.54, 1.807) is 0 Å². The third-order valence-electron chi connectivity index (χ3n) is 2.59. The van der Waals surface area contributed by atoms with Crippen molar-refractivity contribution in [3.8, 4) is 17.2 Å². The van der Waals surface area contributed by atoms with Crippen molar-refractivity contribution in [1.82, 2.24) is 0 Å². The monoisotopic (exact) mass is 300 g/mol. The van der Waals surface area contributed by atoms with Gasteiger partial charge in [-0.25, -0.2) is 14.4 Å². The van der Waals surface area contributed by atoms with Crippen LogP contribution in [0.3, 0.4) is 0 Å². The molecule has 3 N–H and O–H groups in total. The molecule has 9 heteroatoms. The van der Waals surface area contributed by atoms with Crippen LogP contribution < -0.4 is 0 Å². The summed E-state index contributed by atoms with van der Waals surface area (Å²) in [6.45, 7) is 0. The molecule has 0 fully saturated rings. The van der Waals surface area contributed by atoms with Crippen LogP contribution in [-0.4, -0.2) is 54.6 Å². The minimum atomic E-state index is -1.24. The molecule has 21 heavy (non-hydrogen) atoms. The van der Waals surface area contributed by atoms with Gasteiger partial charge in [0, 0.05) is 0 Å². The van der Waals surface area contributed by atoms with Crippen LogP contribution in [0.2, 0.25) is 0 Å². The van der Waals surface area contributed by atoms with Crippen LogP contribution in [0.25, 0.3) is 0 Å². The zero-order valence-corrected chi connectivity index (χ0v) is 11.3. The Balaban J connectivity index is 3.87. The van der Waals surface area contributed by atoms with Crippen LogP contribution in [0.15, 0.2) is 0 Å². The largest absolute Gasteiger partial charge is 0.506 e. The summed E-state index contributed by atoms with van der Waals surface area (Å²) >= 11 is 0. The van der Waals surface area contributed by atoms with Crippen molar-refractivity contribution in [2.45, 2.75) is 0 Å². The zero-order chi connectivity index (χ0) is 16.3. The molecule has 0 amide bonds. The van der Waals surface area contributed by atoms with E-state index in [4.69, 9.17) is 0 Å². The normalized spacial score (nSPS) is 9.86. The second-order valence-electron chi connectivity index (χ2n) is 3.65. The topological polar surface area (TPSA) is 140 Å². The fourth-order valence-corrected chi connectivity index (χ4v) is 1.60. The highest BCUT2D eigenvalue weighted by atomic mass is 16.5. The quantitative estimate of drug-likeness (QED) is 0.526. The highest BCUT2D eigenvalue weighted by Crippen LogP contribution is 2.42. The lowest BCUT2D eigenvalue weighted by molar-refractivity contribution is 0.0583. The molecule has 0 unspecified atom stereocenters. The predicted molar refractivity (Wildman–Crippen MR) is 65.5 cm³/mol. The average Bonchev–Trinajstić information content (AvgIpc) is 2.46. The van der Waals surface area contributed by atoms with Gasteiger partial charge in [-0.1, -0.05) is 0 Å². The number of hydrogen-bond acceptors (Lipinski definition) is 9. The maximum atomic E-state index is 11.6. The van der Waals surface area contributed by atoms with Crippen LogP contribution in [0, 0.1) is 0 Å². The first kappa shape index (κ1) is 16.1. The van der Waals surface area contributed by atoms with E-state index in [1.807, 2.05) is 0 Å². The van der Waals surface area contributed by atoms with Crippen LogP contribution in [0.4, 0.5) is 0 Å². The summed E-state index contributed by atoms with van der Waals surface area (Å²) in [5, 5.41) is 29.6. The molecule has 0 aliphatic heterocycles. The molecule has 0 aliphatic carbocycles. The summed E-state index contributed by atoms with van der Waals surface area (Å²) in [6.07, 6.45) is 0. The van der Waals surface area contributed by atoms with Gasteiger partial charge in [-0.15, -0.1) is 0 Å². The van der Waals surface area contributed by atoms with Crippen LogP contribution >= 0.6 is 0 Å². The Morgan fingerprint density at radius 2 is 0.810 bits per heavy atom. The second-order valence-corrected chi connectivity index (χ2v) is 3.65. The Bertz CT molecular complexity index is 511. The van der Waals surface area contributed by atoms with Crippen molar-refractivity contribution < 1.29 is 43.9 Å². The third kappa shape index (κ3) is 2.53. The number of phenolic OH excluding ortho intramolecular Hbond substituents is 3. The van der Waals surface area contributed by atoms with E-state index in [0.29, 0.717) is 0 Å². The predicted octanol–water partition coefficient (Wildman–Crippen LogP) is 0.163. The number of ether oxygens (including phenoxy) is 3. The molecule has 9 nitrogen and oxygen atoms in total. The lowest BCUT2D eigenvalue weighted by Crippen LogP contribution is -2.13. The summed E-state index contributed by atoms with van der Waals surface area (Å²) in [5.74, 6) is -6.97. The van der Waals surface area contributed by atoms with Gasteiger partial charge in [-0.3, -0.25) is 0 Å². The first-order valence-corrected chi connectivity index (χ1v) is 5.37. The van der Waals surface area contributed by atoms with Gasteiger partial charge < -0.3 is 29.5 Å². The SMILES string of the molecule is COC(=O)c1c(O)c(C(=O)OC)c(O)c(C(=O)OC)c1O. The van der Waals surface area contributed by atoms with E-state index >= 15 is 0 Å². The molecule has 0 spiro atoms. The van der Waals surface area contributed by atoms with Gasteiger partial charge in [0.25, 0.3) is 0 Å². The second kappa shape index (κ2) is 5.99. The molecule has 0 aromatic heterocycles. The minimum absolute atomic E-state index is 0.879. The van der Waals surface area contributed by atoms with Gasteiger partial charge in [0.2, 0.25) is 0 Å². The number of benzene rings is 1. The molecular weight excluding hydrogens is 288 g/mol.